The van der Waals surface area contributed by atoms with E-state index < -0.39 is 6.09 Å². The van der Waals surface area contributed by atoms with E-state index in [0.717, 1.165) is 16.7 Å². The molecule has 0 aliphatic heterocycles. The molecule has 1 aromatic carbocycles. The average Bonchev–Trinajstić information content (AvgIpc) is 3.21. The number of hydrogen-bond acceptors (Lipinski definition) is 7. The summed E-state index contributed by atoms with van der Waals surface area (Å²) in [6, 6.07) is 9.93. The van der Waals surface area contributed by atoms with Crippen molar-refractivity contribution in [3.05, 3.63) is 36.1 Å². The van der Waals surface area contributed by atoms with Crippen LogP contribution in [0.3, 0.4) is 0 Å². The highest BCUT2D eigenvalue weighted by molar-refractivity contribution is 7.99. The Kier molecular flexibility index (Phi) is 6.48. The summed E-state index contributed by atoms with van der Waals surface area (Å²) in [5.41, 5.74) is 0. The lowest BCUT2D eigenvalue weighted by atomic mass is 9.54. The normalized spacial score (nSPS) is 27.2. The molecule has 4 fully saturated rings. The summed E-state index contributed by atoms with van der Waals surface area (Å²) in [6.45, 7) is 0.408. The first-order chi connectivity index (χ1) is 16.1. The van der Waals surface area contributed by atoms with Crippen molar-refractivity contribution in [2.45, 2.75) is 47.9 Å². The van der Waals surface area contributed by atoms with E-state index in [0.29, 0.717) is 16.7 Å². The van der Waals surface area contributed by atoms with Gasteiger partial charge in [0.2, 0.25) is 5.76 Å². The molecule has 0 spiro atoms. The highest BCUT2D eigenvalue weighted by atomic mass is 32.2. The number of nitrogens with zero attached hydrogens (tertiary/aromatic N) is 1. The van der Waals surface area contributed by atoms with Crippen LogP contribution in [-0.4, -0.2) is 43.5 Å². The second-order valence-corrected chi connectivity index (χ2v) is 10.3. The maximum absolute atomic E-state index is 13.3. The zero-order chi connectivity index (χ0) is 22.8. The number of benzene rings is 1. The van der Waals surface area contributed by atoms with Crippen LogP contribution in [-0.2, 0) is 4.74 Å². The molecule has 4 bridgehead atoms. The van der Waals surface area contributed by atoms with Gasteiger partial charge in [0.25, 0.3) is 11.8 Å². The standard InChI is InChI=1S/C24H29N3O5S/c1-30-24(29)25-7-8-31-23-21(33-18-5-3-2-4-6-18)20(32-27-23)22(28)26-19-16-10-14-9-15(12-16)13-17(19)11-14/h2-6,14-17,19H,7-13H2,1H3,(H,25,29)(H,26,28). The average molecular weight is 472 g/mol. The molecule has 4 aliphatic carbocycles. The second-order valence-electron chi connectivity index (χ2n) is 9.26. The molecule has 0 radical (unpaired) electrons. The molecule has 9 heteroatoms. The molecule has 0 atom stereocenters. The van der Waals surface area contributed by atoms with Gasteiger partial charge in [-0.2, -0.15) is 0 Å². The van der Waals surface area contributed by atoms with Crippen LogP contribution < -0.4 is 15.4 Å². The molecule has 176 valence electrons. The SMILES string of the molecule is COC(=O)NCCOc1noc(C(=O)NC2C3CC4CC(C3)CC2C4)c1Sc1ccccc1. The Morgan fingerprint density at radius 2 is 1.79 bits per heavy atom. The molecule has 0 unspecified atom stereocenters. The minimum atomic E-state index is -0.534. The van der Waals surface area contributed by atoms with Crippen molar-refractivity contribution >= 4 is 23.8 Å². The summed E-state index contributed by atoms with van der Waals surface area (Å²) in [5, 5.41) is 9.88. The fourth-order valence-electron chi connectivity index (χ4n) is 5.95. The van der Waals surface area contributed by atoms with E-state index in [1.807, 2.05) is 30.3 Å². The number of carbonyl (C=O) groups excluding carboxylic acids is 2. The summed E-state index contributed by atoms with van der Waals surface area (Å²) in [5.74, 6) is 3.00. The van der Waals surface area contributed by atoms with E-state index in [2.05, 4.69) is 20.5 Å². The first kappa shape index (κ1) is 22.1. The number of methoxy groups -OCH3 is 1. The summed E-state index contributed by atoms with van der Waals surface area (Å²) in [4.78, 5) is 26.1. The van der Waals surface area contributed by atoms with Gasteiger partial charge in [-0.1, -0.05) is 30.0 Å². The molecule has 0 saturated heterocycles. The third-order valence-corrected chi connectivity index (χ3v) is 8.18. The van der Waals surface area contributed by atoms with Gasteiger partial charge in [-0.15, -0.1) is 0 Å². The first-order valence-corrected chi connectivity index (χ1v) is 12.4. The lowest BCUT2D eigenvalue weighted by Gasteiger charge is -2.54. The van der Waals surface area contributed by atoms with Crippen molar-refractivity contribution < 1.29 is 23.6 Å². The molecule has 8 nitrogen and oxygen atoms in total. The third kappa shape index (κ3) is 4.83. The second kappa shape index (κ2) is 9.67. The number of ether oxygens (including phenoxy) is 2. The van der Waals surface area contributed by atoms with Crippen LogP contribution in [0, 0.1) is 23.7 Å². The fourth-order valence-corrected chi connectivity index (χ4v) is 6.89. The molecular formula is C24H29N3O5S. The summed E-state index contributed by atoms with van der Waals surface area (Å²) >= 11 is 1.38. The van der Waals surface area contributed by atoms with Crippen molar-refractivity contribution in [2.24, 2.45) is 23.7 Å². The fraction of sp³-hybridized carbons (Fsp3) is 0.542. The van der Waals surface area contributed by atoms with Crippen molar-refractivity contribution in [1.82, 2.24) is 15.8 Å². The van der Waals surface area contributed by atoms with Crippen LogP contribution in [0.5, 0.6) is 5.88 Å². The zero-order valence-corrected chi connectivity index (χ0v) is 19.4. The van der Waals surface area contributed by atoms with Gasteiger partial charge in [0.05, 0.1) is 13.7 Å². The molecule has 2 aromatic rings. The van der Waals surface area contributed by atoms with Crippen LogP contribution in [0.2, 0.25) is 0 Å². The maximum Gasteiger partial charge on any atom is 0.406 e. The van der Waals surface area contributed by atoms with Gasteiger partial charge in [-0.25, -0.2) is 4.79 Å². The lowest BCUT2D eigenvalue weighted by molar-refractivity contribution is -0.0124. The topological polar surface area (TPSA) is 103 Å². The molecule has 4 saturated carbocycles. The molecule has 1 heterocycles. The Morgan fingerprint density at radius 3 is 2.45 bits per heavy atom. The molecule has 1 aromatic heterocycles. The van der Waals surface area contributed by atoms with E-state index in [9.17, 15) is 9.59 Å². The summed E-state index contributed by atoms with van der Waals surface area (Å²) < 4.78 is 15.8. The Bertz CT molecular complexity index is 967. The smallest absolute Gasteiger partial charge is 0.406 e. The zero-order valence-electron chi connectivity index (χ0n) is 18.6. The van der Waals surface area contributed by atoms with E-state index in [1.165, 1.54) is 51.0 Å². The molecule has 6 rings (SSSR count). The molecular weight excluding hydrogens is 442 g/mol. The van der Waals surface area contributed by atoms with Gasteiger partial charge in [-0.05, 0) is 73.1 Å². The van der Waals surface area contributed by atoms with Crippen LogP contribution in [0.1, 0.15) is 42.7 Å². The Hall–Kier alpha value is -2.68. The van der Waals surface area contributed by atoms with Gasteiger partial charge >= 0.3 is 6.09 Å². The molecule has 33 heavy (non-hydrogen) atoms. The number of amides is 2. The van der Waals surface area contributed by atoms with Gasteiger partial charge in [-0.3, -0.25) is 4.79 Å². The molecule has 4 aliphatic rings. The quantitative estimate of drug-likeness (QED) is 0.559. The third-order valence-electron chi connectivity index (χ3n) is 7.11. The monoisotopic (exact) mass is 471 g/mol. The summed E-state index contributed by atoms with van der Waals surface area (Å²) in [6.07, 6.45) is 5.74. The maximum atomic E-state index is 13.3. The van der Waals surface area contributed by atoms with E-state index in [4.69, 9.17) is 9.26 Å². The predicted molar refractivity (Wildman–Crippen MR) is 121 cm³/mol. The van der Waals surface area contributed by atoms with Gasteiger partial charge < -0.3 is 24.6 Å². The Labute approximate surface area is 197 Å². The highest BCUT2D eigenvalue weighted by Crippen LogP contribution is 2.53. The Morgan fingerprint density at radius 1 is 1.09 bits per heavy atom. The van der Waals surface area contributed by atoms with Crippen molar-refractivity contribution in [3.8, 4) is 5.88 Å². The largest absolute Gasteiger partial charge is 0.473 e. The van der Waals surface area contributed by atoms with Crippen LogP contribution >= 0.6 is 11.8 Å². The van der Waals surface area contributed by atoms with Crippen LogP contribution in [0.15, 0.2) is 44.6 Å². The number of carbonyl (C=O) groups is 2. The first-order valence-electron chi connectivity index (χ1n) is 11.6. The number of hydrogen-bond donors (Lipinski definition) is 2. The molecule has 2 N–H and O–H groups in total. The van der Waals surface area contributed by atoms with Gasteiger partial charge in [0.1, 0.15) is 11.5 Å². The minimum Gasteiger partial charge on any atom is -0.473 e. The Balaban J connectivity index is 1.31. The highest BCUT2D eigenvalue weighted by Gasteiger charge is 2.49. The van der Waals surface area contributed by atoms with E-state index >= 15 is 0 Å². The number of alkyl carbamates (subject to hydrolysis) is 1. The van der Waals surface area contributed by atoms with E-state index in [1.54, 1.807) is 0 Å². The number of rotatable bonds is 8. The number of aromatic nitrogens is 1. The van der Waals surface area contributed by atoms with Crippen LogP contribution in [0.4, 0.5) is 4.79 Å². The van der Waals surface area contributed by atoms with Gasteiger partial charge in [0.15, 0.2) is 0 Å². The lowest BCUT2D eigenvalue weighted by Crippen LogP contribution is -2.55. The summed E-state index contributed by atoms with van der Waals surface area (Å²) in [7, 11) is 1.30. The van der Waals surface area contributed by atoms with E-state index in [-0.39, 0.29) is 36.7 Å². The van der Waals surface area contributed by atoms with Crippen LogP contribution in [0.25, 0.3) is 0 Å². The van der Waals surface area contributed by atoms with Crippen molar-refractivity contribution in [2.75, 3.05) is 20.3 Å². The minimum absolute atomic E-state index is 0.167. The van der Waals surface area contributed by atoms with Crippen molar-refractivity contribution in [3.63, 3.8) is 0 Å². The van der Waals surface area contributed by atoms with Crippen molar-refractivity contribution in [1.29, 1.82) is 0 Å². The van der Waals surface area contributed by atoms with Gasteiger partial charge in [0, 0.05) is 10.9 Å². The predicted octanol–water partition coefficient (Wildman–Crippen LogP) is 4.12. The number of nitrogens with one attached hydrogen (secondary N) is 2. The molecule has 2 amide bonds.